The van der Waals surface area contributed by atoms with Crippen LogP contribution in [0.15, 0.2) is 52.2 Å². The molecular weight excluding hydrogens is 544 g/mol. The molecule has 1 aliphatic heterocycles. The predicted molar refractivity (Wildman–Crippen MR) is 132 cm³/mol. The Labute approximate surface area is 221 Å². The van der Waals surface area contributed by atoms with E-state index in [-0.39, 0.29) is 25.2 Å². The SMILES string of the molecule is CC(C(=O)OCCCC(=O)O)N(Oc1ccccc1)[PH](=O)OC[C@H]1OC(n2ccc(=O)[nH]c2=O)[C@](C)(F)[C@@H]1O. The van der Waals surface area contributed by atoms with Crippen molar-refractivity contribution in [3.63, 3.8) is 0 Å². The van der Waals surface area contributed by atoms with E-state index >= 15 is 4.39 Å². The lowest BCUT2D eigenvalue weighted by molar-refractivity contribution is -0.156. The Bertz CT molecular complexity index is 1290. The number of carbonyl (C=O) groups is 2. The van der Waals surface area contributed by atoms with Gasteiger partial charge in [0.05, 0.1) is 13.2 Å². The second-order valence-electron chi connectivity index (χ2n) is 8.79. The Morgan fingerprint density at radius 3 is 2.62 bits per heavy atom. The Balaban J connectivity index is 1.71. The number of halogens is 1. The summed E-state index contributed by atoms with van der Waals surface area (Å²) in [6.07, 6.45) is -3.98. The van der Waals surface area contributed by atoms with Crippen molar-refractivity contribution >= 4 is 20.1 Å². The van der Waals surface area contributed by atoms with Crippen molar-refractivity contribution in [2.45, 2.75) is 56.8 Å². The molecule has 0 amide bonds. The number of hydrogen-bond donors (Lipinski definition) is 3. The van der Waals surface area contributed by atoms with E-state index in [4.69, 9.17) is 23.9 Å². The van der Waals surface area contributed by atoms with Crippen LogP contribution >= 0.6 is 8.18 Å². The molecule has 0 spiro atoms. The zero-order valence-electron chi connectivity index (χ0n) is 21.0. The molecule has 0 saturated carbocycles. The van der Waals surface area contributed by atoms with Crippen molar-refractivity contribution in [3.05, 3.63) is 63.4 Å². The molecule has 0 bridgehead atoms. The minimum atomic E-state index is -3.42. The average Bonchev–Trinajstić information content (AvgIpc) is 3.11. The maximum atomic E-state index is 15.4. The second kappa shape index (κ2) is 13.1. The number of aromatic amines is 1. The van der Waals surface area contributed by atoms with Gasteiger partial charge in [0, 0.05) is 18.7 Å². The first-order chi connectivity index (χ1) is 18.4. The number of aliphatic hydroxyl groups excluding tert-OH is 1. The van der Waals surface area contributed by atoms with Gasteiger partial charge in [-0.25, -0.2) is 9.18 Å². The van der Waals surface area contributed by atoms with Crippen molar-refractivity contribution in [1.82, 2.24) is 14.4 Å². The van der Waals surface area contributed by atoms with E-state index in [1.54, 1.807) is 18.2 Å². The lowest BCUT2D eigenvalue weighted by Gasteiger charge is -2.27. The van der Waals surface area contributed by atoms with Gasteiger partial charge in [0.2, 0.25) is 0 Å². The molecule has 2 heterocycles. The van der Waals surface area contributed by atoms with Gasteiger partial charge in [-0.3, -0.25) is 28.5 Å². The summed E-state index contributed by atoms with van der Waals surface area (Å²) in [4.78, 5) is 55.0. The number of nitrogens with one attached hydrogen (secondary N) is 1. The summed E-state index contributed by atoms with van der Waals surface area (Å²) in [6, 6.07) is 7.71. The van der Waals surface area contributed by atoms with Crippen LogP contribution in [0.2, 0.25) is 0 Å². The third kappa shape index (κ3) is 7.61. The Morgan fingerprint density at radius 2 is 1.97 bits per heavy atom. The lowest BCUT2D eigenvalue weighted by Crippen LogP contribution is -2.43. The summed E-state index contributed by atoms with van der Waals surface area (Å²) in [6.45, 7) is 1.50. The number of hydroxylamine groups is 1. The largest absolute Gasteiger partial charge is 0.481 e. The molecule has 214 valence electrons. The summed E-state index contributed by atoms with van der Waals surface area (Å²) < 4.78 is 45.2. The number of esters is 1. The molecule has 1 aliphatic rings. The van der Waals surface area contributed by atoms with Gasteiger partial charge in [0.25, 0.3) is 13.7 Å². The van der Waals surface area contributed by atoms with Crippen LogP contribution in [0, 0.1) is 0 Å². The van der Waals surface area contributed by atoms with E-state index in [0.29, 0.717) is 0 Å². The highest BCUT2D eigenvalue weighted by molar-refractivity contribution is 7.36. The van der Waals surface area contributed by atoms with Crippen LogP contribution in [0.5, 0.6) is 5.75 Å². The topological polar surface area (TPSA) is 187 Å². The molecule has 3 N–H and O–H groups in total. The van der Waals surface area contributed by atoms with Gasteiger partial charge in [0.1, 0.15) is 24.0 Å². The zero-order valence-corrected chi connectivity index (χ0v) is 22.0. The summed E-state index contributed by atoms with van der Waals surface area (Å²) in [5, 5.41) is 19.2. The first-order valence-electron chi connectivity index (χ1n) is 11.8. The van der Waals surface area contributed by atoms with E-state index in [1.807, 2.05) is 4.98 Å². The van der Waals surface area contributed by atoms with Gasteiger partial charge in [-0.2, -0.15) is 0 Å². The van der Waals surface area contributed by atoms with Gasteiger partial charge >= 0.3 is 17.6 Å². The number of nitrogens with zero attached hydrogens (tertiary/aromatic N) is 2. The van der Waals surface area contributed by atoms with Crippen LogP contribution in [0.3, 0.4) is 0 Å². The molecule has 14 nitrogen and oxygen atoms in total. The van der Waals surface area contributed by atoms with Crippen LogP contribution in [-0.4, -0.2) is 73.7 Å². The van der Waals surface area contributed by atoms with Crippen LogP contribution < -0.4 is 16.1 Å². The number of aliphatic carboxylic acids is 1. The number of ether oxygens (including phenoxy) is 2. The van der Waals surface area contributed by atoms with E-state index < -0.39 is 68.1 Å². The number of para-hydroxylation sites is 1. The van der Waals surface area contributed by atoms with Crippen LogP contribution in [0.25, 0.3) is 0 Å². The van der Waals surface area contributed by atoms with Crippen molar-refractivity contribution in [2.24, 2.45) is 0 Å². The van der Waals surface area contributed by atoms with Crippen molar-refractivity contribution in [3.8, 4) is 5.75 Å². The molecule has 6 atom stereocenters. The highest BCUT2D eigenvalue weighted by Gasteiger charge is 2.55. The van der Waals surface area contributed by atoms with E-state index in [1.165, 1.54) is 19.1 Å². The summed E-state index contributed by atoms with van der Waals surface area (Å²) in [7, 11) is -3.42. The van der Waals surface area contributed by atoms with Gasteiger partial charge in [-0.1, -0.05) is 23.0 Å². The number of aliphatic hydroxyl groups is 1. The van der Waals surface area contributed by atoms with E-state index in [0.717, 1.165) is 28.6 Å². The van der Waals surface area contributed by atoms with Crippen molar-refractivity contribution in [2.75, 3.05) is 13.2 Å². The van der Waals surface area contributed by atoms with Crippen LogP contribution in [-0.2, 0) is 28.2 Å². The number of hydrogen-bond acceptors (Lipinski definition) is 10. The first-order valence-corrected chi connectivity index (χ1v) is 13.1. The molecule has 1 saturated heterocycles. The zero-order chi connectivity index (χ0) is 28.7. The third-order valence-corrected chi connectivity index (χ3v) is 7.04. The number of carboxylic acids is 1. The number of rotatable bonds is 13. The molecule has 3 unspecified atom stereocenters. The molecule has 3 rings (SSSR count). The molecule has 1 aromatic carbocycles. The Kier molecular flexibility index (Phi) is 10.2. The second-order valence-corrected chi connectivity index (χ2v) is 10.0. The highest BCUT2D eigenvalue weighted by atomic mass is 31.1. The first kappa shape index (κ1) is 30.2. The van der Waals surface area contributed by atoms with Crippen molar-refractivity contribution < 1.29 is 47.6 Å². The maximum absolute atomic E-state index is 15.4. The average molecular weight is 573 g/mol. The summed E-state index contributed by atoms with van der Waals surface area (Å²) in [5.74, 6) is -1.72. The molecule has 16 heteroatoms. The van der Waals surface area contributed by atoms with E-state index in [9.17, 15) is 28.8 Å². The summed E-state index contributed by atoms with van der Waals surface area (Å²) >= 11 is 0. The minimum Gasteiger partial charge on any atom is -0.481 e. The van der Waals surface area contributed by atoms with Gasteiger partial charge in [-0.05, 0) is 32.4 Å². The normalized spacial score (nSPS) is 24.3. The number of aromatic nitrogens is 2. The maximum Gasteiger partial charge on any atom is 0.330 e. The predicted octanol–water partition coefficient (Wildman–Crippen LogP) is 1.02. The minimum absolute atomic E-state index is 0.0669. The van der Waals surface area contributed by atoms with Crippen molar-refractivity contribution in [1.29, 1.82) is 0 Å². The Morgan fingerprint density at radius 1 is 1.28 bits per heavy atom. The van der Waals surface area contributed by atoms with Gasteiger partial charge < -0.3 is 29.0 Å². The molecule has 1 aromatic heterocycles. The lowest BCUT2D eigenvalue weighted by atomic mass is 9.98. The fourth-order valence-electron chi connectivity index (χ4n) is 3.66. The quantitative estimate of drug-likeness (QED) is 0.134. The van der Waals surface area contributed by atoms with Crippen LogP contribution in [0.4, 0.5) is 4.39 Å². The standard InChI is InChI=1S/C23H29FN3O11P/c1-14(20(32)35-12-6-9-18(29)30)27(38-15-7-4-3-5-8-15)39(34)36-13-16-19(31)23(2,24)21(37-16)26-11-10-17(28)25-22(26)33/h3-5,7-8,10-11,14,16,19,21,31,39H,6,9,12-13H2,1-2H3,(H,29,30)(H,25,28,33)/t14?,16-,19-,21?,23-/m1/s1. The van der Waals surface area contributed by atoms with Crippen LogP contribution in [0.1, 0.15) is 32.9 Å². The molecule has 0 aliphatic carbocycles. The fraction of sp³-hybridized carbons (Fsp3) is 0.478. The molecule has 1 fully saturated rings. The highest BCUT2D eigenvalue weighted by Crippen LogP contribution is 2.42. The van der Waals surface area contributed by atoms with E-state index in [2.05, 4.69) is 0 Å². The fourth-order valence-corrected chi connectivity index (χ4v) is 4.70. The number of alkyl halides is 1. The number of carbonyl (C=O) groups excluding carboxylic acids is 1. The Hall–Kier alpha value is -3.36. The summed E-state index contributed by atoms with van der Waals surface area (Å²) in [5.41, 5.74) is -4.17. The molecule has 2 aromatic rings. The number of benzene rings is 1. The van der Waals surface area contributed by atoms with Gasteiger partial charge in [-0.15, -0.1) is 0 Å². The smallest absolute Gasteiger partial charge is 0.330 e. The monoisotopic (exact) mass is 573 g/mol. The number of H-pyrrole nitrogens is 1. The number of carboxylic acid groups (broad SMARTS) is 1. The van der Waals surface area contributed by atoms with Gasteiger partial charge in [0.15, 0.2) is 11.9 Å². The molecule has 39 heavy (non-hydrogen) atoms. The molecular formula is C23H29FN3O11P. The molecule has 0 radical (unpaired) electrons. The third-order valence-electron chi connectivity index (χ3n) is 5.79.